The van der Waals surface area contributed by atoms with Crippen LogP contribution in [0.25, 0.3) is 0 Å². The van der Waals surface area contributed by atoms with Gasteiger partial charge in [0, 0.05) is 12.2 Å². The Morgan fingerprint density at radius 3 is 2.79 bits per heavy atom. The Morgan fingerprint density at radius 2 is 2.21 bits per heavy atom. The smallest absolute Gasteiger partial charge is 0.381 e. The molecule has 0 atom stereocenters. The summed E-state index contributed by atoms with van der Waals surface area (Å²) < 4.78 is 29.2. The molecule has 0 aliphatic heterocycles. The fourth-order valence-electron chi connectivity index (χ4n) is 1.99. The highest BCUT2D eigenvalue weighted by Gasteiger charge is 2.33. The molecule has 8 nitrogen and oxygen atoms in total. The second kappa shape index (κ2) is 5.01. The normalized spacial score (nSPS) is 23.1. The molecule has 0 radical (unpaired) electrons. The van der Waals surface area contributed by atoms with Crippen LogP contribution in [0.1, 0.15) is 18.9 Å². The van der Waals surface area contributed by atoms with Crippen LogP contribution in [0.2, 0.25) is 0 Å². The molecule has 10 heteroatoms. The Labute approximate surface area is 107 Å². The van der Waals surface area contributed by atoms with Crippen molar-refractivity contribution < 1.29 is 23.3 Å². The number of nitrogen functional groups attached to an aromatic ring is 1. The largest absolute Gasteiger partial charge is 0.469 e. The van der Waals surface area contributed by atoms with Crippen LogP contribution < -0.4 is 11.4 Å². The van der Waals surface area contributed by atoms with Crippen molar-refractivity contribution in [1.82, 2.24) is 9.55 Å². The van der Waals surface area contributed by atoms with Crippen LogP contribution in [0, 0.1) is 11.7 Å². The fraction of sp³-hybridized carbons (Fsp3) is 0.556. The average Bonchev–Trinajstić information content (AvgIpc) is 2.21. The van der Waals surface area contributed by atoms with Crippen molar-refractivity contribution in [1.29, 1.82) is 0 Å². The minimum Gasteiger partial charge on any atom is -0.381 e. The summed E-state index contributed by atoms with van der Waals surface area (Å²) in [5.74, 6) is -1.29. The van der Waals surface area contributed by atoms with Gasteiger partial charge in [0.25, 0.3) is 0 Å². The molecule has 1 saturated carbocycles. The van der Waals surface area contributed by atoms with Crippen molar-refractivity contribution in [2.24, 2.45) is 5.92 Å². The lowest BCUT2D eigenvalue weighted by atomic mass is 9.81. The zero-order valence-electron chi connectivity index (χ0n) is 9.77. The minimum atomic E-state index is -4.47. The van der Waals surface area contributed by atoms with Gasteiger partial charge in [0.1, 0.15) is 0 Å². The summed E-state index contributed by atoms with van der Waals surface area (Å²) in [4.78, 5) is 31.9. The zero-order chi connectivity index (χ0) is 14.2. The number of aromatic nitrogens is 2. The molecular formula is C9H13FN3O5P. The molecule has 19 heavy (non-hydrogen) atoms. The van der Waals surface area contributed by atoms with Gasteiger partial charge in [-0.3, -0.25) is 9.09 Å². The molecule has 0 amide bonds. The van der Waals surface area contributed by atoms with Crippen LogP contribution in [-0.4, -0.2) is 25.9 Å². The second-order valence-electron chi connectivity index (χ2n) is 4.44. The van der Waals surface area contributed by atoms with E-state index in [1.165, 1.54) is 0 Å². The maximum Gasteiger partial charge on any atom is 0.469 e. The number of halogens is 1. The molecule has 2 rings (SSSR count). The SMILES string of the molecule is Nc1nc(=O)n([C@H]2C[C@@H](COP(=O)(O)O)C2)cc1F. The van der Waals surface area contributed by atoms with Gasteiger partial charge in [-0.15, -0.1) is 0 Å². The molecule has 0 spiro atoms. The van der Waals surface area contributed by atoms with Gasteiger partial charge in [-0.25, -0.2) is 13.8 Å². The number of phosphoric ester groups is 1. The molecule has 0 bridgehead atoms. The number of anilines is 1. The van der Waals surface area contributed by atoms with Crippen LogP contribution in [-0.2, 0) is 9.09 Å². The van der Waals surface area contributed by atoms with Crippen molar-refractivity contribution in [2.75, 3.05) is 12.3 Å². The van der Waals surface area contributed by atoms with E-state index in [4.69, 9.17) is 15.5 Å². The first-order chi connectivity index (χ1) is 8.76. The number of nitrogens with two attached hydrogens (primary N) is 1. The van der Waals surface area contributed by atoms with E-state index in [1.807, 2.05) is 0 Å². The maximum atomic E-state index is 13.2. The van der Waals surface area contributed by atoms with E-state index < -0.39 is 25.1 Å². The van der Waals surface area contributed by atoms with Gasteiger partial charge in [-0.1, -0.05) is 0 Å². The van der Waals surface area contributed by atoms with Gasteiger partial charge in [0.15, 0.2) is 11.6 Å². The van der Waals surface area contributed by atoms with Crippen LogP contribution in [0.15, 0.2) is 11.0 Å². The quantitative estimate of drug-likeness (QED) is 0.668. The van der Waals surface area contributed by atoms with Crippen molar-refractivity contribution in [3.05, 3.63) is 22.5 Å². The number of hydrogen-bond acceptors (Lipinski definition) is 5. The summed E-state index contributed by atoms with van der Waals surface area (Å²) in [6.45, 7) is -0.0968. The van der Waals surface area contributed by atoms with Gasteiger partial charge in [-0.2, -0.15) is 4.98 Å². The first-order valence-corrected chi connectivity index (χ1v) is 7.03. The van der Waals surface area contributed by atoms with E-state index in [1.54, 1.807) is 0 Å². The molecule has 1 heterocycles. The lowest BCUT2D eigenvalue weighted by Gasteiger charge is -2.35. The maximum absolute atomic E-state index is 13.2. The van der Waals surface area contributed by atoms with Crippen LogP contribution in [0.4, 0.5) is 10.2 Å². The predicted molar refractivity (Wildman–Crippen MR) is 62.6 cm³/mol. The molecule has 4 N–H and O–H groups in total. The Balaban J connectivity index is 1.96. The number of phosphoric acid groups is 1. The van der Waals surface area contributed by atoms with E-state index >= 15 is 0 Å². The lowest BCUT2D eigenvalue weighted by Crippen LogP contribution is -2.37. The summed E-state index contributed by atoms with van der Waals surface area (Å²) in [7, 11) is -4.47. The van der Waals surface area contributed by atoms with E-state index in [0.29, 0.717) is 12.8 Å². The first-order valence-electron chi connectivity index (χ1n) is 5.50. The molecule has 1 aromatic heterocycles. The number of rotatable bonds is 4. The summed E-state index contributed by atoms with van der Waals surface area (Å²) in [5, 5.41) is 0. The third kappa shape index (κ3) is 3.38. The summed E-state index contributed by atoms with van der Waals surface area (Å²) in [5.41, 5.74) is 4.53. The van der Waals surface area contributed by atoms with Crippen LogP contribution >= 0.6 is 7.82 Å². The average molecular weight is 293 g/mol. The van der Waals surface area contributed by atoms with Crippen molar-refractivity contribution in [3.63, 3.8) is 0 Å². The molecule has 0 unspecified atom stereocenters. The van der Waals surface area contributed by atoms with Crippen molar-refractivity contribution in [3.8, 4) is 0 Å². The molecule has 1 aromatic rings. The molecule has 0 aromatic carbocycles. The van der Waals surface area contributed by atoms with Gasteiger partial charge >= 0.3 is 13.5 Å². The highest BCUT2D eigenvalue weighted by molar-refractivity contribution is 7.46. The Morgan fingerprint density at radius 1 is 1.58 bits per heavy atom. The van der Waals surface area contributed by atoms with Crippen molar-refractivity contribution in [2.45, 2.75) is 18.9 Å². The van der Waals surface area contributed by atoms with Gasteiger partial charge in [0.2, 0.25) is 0 Å². The summed E-state index contributed by atoms with van der Waals surface area (Å²) in [6, 6.07) is -0.250. The third-order valence-electron chi connectivity index (χ3n) is 3.02. The van der Waals surface area contributed by atoms with Gasteiger partial charge in [0.05, 0.1) is 6.61 Å². The fourth-order valence-corrected chi connectivity index (χ4v) is 2.39. The Bertz CT molecular complexity index is 580. The molecule has 1 aliphatic rings. The summed E-state index contributed by atoms with van der Waals surface area (Å²) >= 11 is 0. The topological polar surface area (TPSA) is 128 Å². The van der Waals surface area contributed by atoms with E-state index in [-0.39, 0.29) is 18.6 Å². The van der Waals surface area contributed by atoms with Crippen LogP contribution in [0.5, 0.6) is 0 Å². The van der Waals surface area contributed by atoms with E-state index in [9.17, 15) is 13.8 Å². The van der Waals surface area contributed by atoms with Gasteiger partial charge in [-0.05, 0) is 18.8 Å². The molecule has 106 valence electrons. The van der Waals surface area contributed by atoms with Crippen molar-refractivity contribution >= 4 is 13.6 Å². The molecular weight excluding hydrogens is 280 g/mol. The lowest BCUT2D eigenvalue weighted by molar-refractivity contribution is 0.0964. The zero-order valence-corrected chi connectivity index (χ0v) is 10.7. The number of hydrogen-bond donors (Lipinski definition) is 3. The standard InChI is InChI=1S/C9H13FN3O5P/c10-7-3-13(9(14)12-8(7)11)6-1-5(2-6)4-18-19(15,16)17/h3,5-6H,1-2,4H2,(H2,11,12,14)(H2,15,16,17)/t5-,6+. The summed E-state index contributed by atoms with van der Waals surface area (Å²) in [6.07, 6.45) is 1.92. The van der Waals surface area contributed by atoms with Crippen LogP contribution in [0.3, 0.4) is 0 Å². The molecule has 0 saturated heterocycles. The minimum absolute atomic E-state index is 0.0786. The number of nitrogens with zero attached hydrogens (tertiary/aromatic N) is 2. The third-order valence-corrected chi connectivity index (χ3v) is 3.50. The van der Waals surface area contributed by atoms with Gasteiger partial charge < -0.3 is 15.5 Å². The van der Waals surface area contributed by atoms with E-state index in [0.717, 1.165) is 10.8 Å². The first kappa shape index (κ1) is 14.1. The highest BCUT2D eigenvalue weighted by Crippen LogP contribution is 2.42. The monoisotopic (exact) mass is 293 g/mol. The molecule has 1 fully saturated rings. The predicted octanol–water partition coefficient (Wildman–Crippen LogP) is 0.0250. The molecule has 1 aliphatic carbocycles. The Kier molecular flexibility index (Phi) is 3.73. The van der Waals surface area contributed by atoms with E-state index in [2.05, 4.69) is 9.51 Å². The highest BCUT2D eigenvalue weighted by atomic mass is 31.2. The second-order valence-corrected chi connectivity index (χ2v) is 5.68. The Hall–Kier alpha value is -1.28.